The predicted molar refractivity (Wildman–Crippen MR) is 60.6 cm³/mol. The van der Waals surface area contributed by atoms with Crippen molar-refractivity contribution in [3.05, 3.63) is 40.4 Å². The van der Waals surface area contributed by atoms with Gasteiger partial charge in [0.25, 0.3) is 0 Å². The molecule has 1 aromatic carbocycles. The zero-order chi connectivity index (χ0) is 9.68. The van der Waals surface area contributed by atoms with Gasteiger partial charge < -0.3 is 0 Å². The number of rotatable bonds is 3. The fourth-order valence-electron chi connectivity index (χ4n) is 1.06. The van der Waals surface area contributed by atoms with E-state index in [1.807, 2.05) is 24.3 Å². The second kappa shape index (κ2) is 5.31. The summed E-state index contributed by atoms with van der Waals surface area (Å²) in [7, 11) is 0. The number of alkyl halides is 1. The SMILES string of the molecule is Cc1ccc(Cl)c(C=CCCCl)c1. The lowest BCUT2D eigenvalue weighted by Gasteiger charge is -1.99. The molecule has 1 rings (SSSR count). The van der Waals surface area contributed by atoms with E-state index >= 15 is 0 Å². The molecule has 2 heteroatoms. The Bertz CT molecular complexity index is 303. The van der Waals surface area contributed by atoms with Crippen molar-refractivity contribution in [2.45, 2.75) is 13.3 Å². The second-order valence-electron chi connectivity index (χ2n) is 2.90. The van der Waals surface area contributed by atoms with Gasteiger partial charge in [-0.1, -0.05) is 41.4 Å². The van der Waals surface area contributed by atoms with Crippen LogP contribution in [0.5, 0.6) is 0 Å². The van der Waals surface area contributed by atoms with Crippen molar-refractivity contribution in [3.63, 3.8) is 0 Å². The Morgan fingerprint density at radius 2 is 2.15 bits per heavy atom. The molecular weight excluding hydrogens is 203 g/mol. The maximum Gasteiger partial charge on any atom is 0.0478 e. The fourth-order valence-corrected chi connectivity index (χ4v) is 1.37. The van der Waals surface area contributed by atoms with Crippen LogP contribution in [-0.2, 0) is 0 Å². The van der Waals surface area contributed by atoms with Gasteiger partial charge in [0.15, 0.2) is 0 Å². The molecule has 0 saturated heterocycles. The van der Waals surface area contributed by atoms with Gasteiger partial charge in [-0.2, -0.15) is 0 Å². The Morgan fingerprint density at radius 1 is 1.38 bits per heavy atom. The Labute approximate surface area is 89.2 Å². The average Bonchev–Trinajstić information content (AvgIpc) is 2.11. The van der Waals surface area contributed by atoms with Crippen LogP contribution in [0, 0.1) is 6.92 Å². The van der Waals surface area contributed by atoms with Crippen LogP contribution in [0.25, 0.3) is 6.08 Å². The summed E-state index contributed by atoms with van der Waals surface area (Å²) in [6, 6.07) is 5.98. The number of hydrogen-bond acceptors (Lipinski definition) is 0. The average molecular weight is 215 g/mol. The van der Waals surface area contributed by atoms with E-state index in [4.69, 9.17) is 23.2 Å². The largest absolute Gasteiger partial charge is 0.126 e. The molecule has 0 fully saturated rings. The molecule has 0 N–H and O–H groups in total. The zero-order valence-corrected chi connectivity index (χ0v) is 9.07. The van der Waals surface area contributed by atoms with Crippen LogP contribution in [0.1, 0.15) is 17.5 Å². The van der Waals surface area contributed by atoms with Crippen LogP contribution in [0.4, 0.5) is 0 Å². The highest BCUT2D eigenvalue weighted by Crippen LogP contribution is 2.18. The summed E-state index contributed by atoms with van der Waals surface area (Å²) < 4.78 is 0. The lowest BCUT2D eigenvalue weighted by molar-refractivity contribution is 1.24. The first-order valence-electron chi connectivity index (χ1n) is 4.22. The number of allylic oxidation sites excluding steroid dienone is 1. The molecule has 0 unspecified atom stereocenters. The lowest BCUT2D eigenvalue weighted by Crippen LogP contribution is -1.78. The van der Waals surface area contributed by atoms with Gasteiger partial charge >= 0.3 is 0 Å². The van der Waals surface area contributed by atoms with Crippen LogP contribution >= 0.6 is 23.2 Å². The Hall–Kier alpha value is -0.460. The van der Waals surface area contributed by atoms with Crippen LogP contribution in [0.15, 0.2) is 24.3 Å². The standard InChI is InChI=1S/C11H12Cl2/c1-9-5-6-11(13)10(8-9)4-2-3-7-12/h2,4-6,8H,3,7H2,1H3. The van der Waals surface area contributed by atoms with Gasteiger partial charge in [0.2, 0.25) is 0 Å². The highest BCUT2D eigenvalue weighted by atomic mass is 35.5. The molecule has 0 aliphatic heterocycles. The molecule has 1 aromatic rings. The number of halogens is 2. The molecule has 0 spiro atoms. The van der Waals surface area contributed by atoms with E-state index in [0.29, 0.717) is 5.88 Å². The number of benzene rings is 1. The van der Waals surface area contributed by atoms with E-state index in [2.05, 4.69) is 13.0 Å². The van der Waals surface area contributed by atoms with Gasteiger partial charge in [0.05, 0.1) is 0 Å². The molecule has 70 valence electrons. The second-order valence-corrected chi connectivity index (χ2v) is 3.69. The van der Waals surface area contributed by atoms with Crippen LogP contribution < -0.4 is 0 Å². The minimum atomic E-state index is 0.653. The Kier molecular flexibility index (Phi) is 4.34. The number of hydrogen-bond donors (Lipinski definition) is 0. The molecule has 0 aliphatic carbocycles. The van der Waals surface area contributed by atoms with Crippen molar-refractivity contribution in [2.24, 2.45) is 0 Å². The van der Waals surface area contributed by atoms with Crippen molar-refractivity contribution in [2.75, 3.05) is 5.88 Å². The monoisotopic (exact) mass is 214 g/mol. The summed E-state index contributed by atoms with van der Waals surface area (Å²) in [6.07, 6.45) is 4.93. The molecule has 0 bridgehead atoms. The van der Waals surface area contributed by atoms with Gasteiger partial charge in [-0.3, -0.25) is 0 Å². The molecule has 0 nitrogen and oxygen atoms in total. The highest BCUT2D eigenvalue weighted by molar-refractivity contribution is 6.32. The normalized spacial score (nSPS) is 11.0. The van der Waals surface area contributed by atoms with Gasteiger partial charge in [0, 0.05) is 10.9 Å². The first-order valence-corrected chi connectivity index (χ1v) is 5.14. The lowest BCUT2D eigenvalue weighted by atomic mass is 10.1. The minimum absolute atomic E-state index is 0.653. The molecule has 0 aliphatic rings. The first kappa shape index (κ1) is 10.6. The summed E-state index contributed by atoms with van der Waals surface area (Å²) in [5, 5.41) is 0.788. The van der Waals surface area contributed by atoms with Gasteiger partial charge in [0.1, 0.15) is 0 Å². The minimum Gasteiger partial charge on any atom is -0.126 e. The van der Waals surface area contributed by atoms with Crippen molar-refractivity contribution >= 4 is 29.3 Å². The summed E-state index contributed by atoms with van der Waals surface area (Å²) in [5.41, 5.74) is 2.28. The van der Waals surface area contributed by atoms with E-state index in [-0.39, 0.29) is 0 Å². The smallest absolute Gasteiger partial charge is 0.0478 e. The first-order chi connectivity index (χ1) is 6.24. The van der Waals surface area contributed by atoms with Crippen molar-refractivity contribution in [1.29, 1.82) is 0 Å². The summed E-state index contributed by atoms with van der Waals surface area (Å²) in [4.78, 5) is 0. The van der Waals surface area contributed by atoms with E-state index in [0.717, 1.165) is 17.0 Å². The van der Waals surface area contributed by atoms with E-state index in [1.54, 1.807) is 0 Å². The molecular formula is C11H12Cl2. The van der Waals surface area contributed by atoms with Gasteiger partial charge in [-0.05, 0) is 25.0 Å². The van der Waals surface area contributed by atoms with Crippen molar-refractivity contribution < 1.29 is 0 Å². The molecule has 0 radical (unpaired) electrons. The summed E-state index contributed by atoms with van der Waals surface area (Å²) >= 11 is 11.5. The third-order valence-corrected chi connectivity index (χ3v) is 2.29. The third kappa shape index (κ3) is 3.41. The van der Waals surface area contributed by atoms with E-state index < -0.39 is 0 Å². The predicted octanol–water partition coefficient (Wildman–Crippen LogP) is 4.29. The maximum atomic E-state index is 5.99. The molecule has 0 heterocycles. The van der Waals surface area contributed by atoms with Crippen molar-refractivity contribution in [3.8, 4) is 0 Å². The van der Waals surface area contributed by atoms with Crippen LogP contribution in [0.3, 0.4) is 0 Å². The number of aryl methyl sites for hydroxylation is 1. The van der Waals surface area contributed by atoms with Crippen molar-refractivity contribution in [1.82, 2.24) is 0 Å². The third-order valence-electron chi connectivity index (χ3n) is 1.72. The van der Waals surface area contributed by atoms with Gasteiger partial charge in [-0.15, -0.1) is 11.6 Å². The topological polar surface area (TPSA) is 0 Å². The van der Waals surface area contributed by atoms with Crippen LogP contribution in [-0.4, -0.2) is 5.88 Å². The zero-order valence-electron chi connectivity index (χ0n) is 7.56. The summed E-state index contributed by atoms with van der Waals surface area (Å²) in [5.74, 6) is 0.653. The molecule has 13 heavy (non-hydrogen) atoms. The molecule has 0 saturated carbocycles. The highest BCUT2D eigenvalue weighted by Gasteiger charge is 1.95. The van der Waals surface area contributed by atoms with Gasteiger partial charge in [-0.25, -0.2) is 0 Å². The summed E-state index contributed by atoms with van der Waals surface area (Å²) in [6.45, 7) is 2.05. The Balaban J connectivity index is 2.81. The molecule has 0 amide bonds. The quantitative estimate of drug-likeness (QED) is 0.659. The molecule has 0 atom stereocenters. The van der Waals surface area contributed by atoms with E-state index in [9.17, 15) is 0 Å². The Morgan fingerprint density at radius 3 is 2.85 bits per heavy atom. The fraction of sp³-hybridized carbons (Fsp3) is 0.273. The maximum absolute atomic E-state index is 5.99. The van der Waals surface area contributed by atoms with Crippen LogP contribution in [0.2, 0.25) is 5.02 Å². The molecule has 0 aromatic heterocycles. The van der Waals surface area contributed by atoms with E-state index in [1.165, 1.54) is 5.56 Å².